The number of carbonyl (C=O) groups excluding carboxylic acids is 1. The molecule has 4 heteroatoms. The van der Waals surface area contributed by atoms with Crippen molar-refractivity contribution in [2.45, 2.75) is 59.2 Å². The first-order valence-corrected chi connectivity index (χ1v) is 6.88. The highest BCUT2D eigenvalue weighted by molar-refractivity contribution is 5.72. The Morgan fingerprint density at radius 1 is 1.22 bits per heavy atom. The lowest BCUT2D eigenvalue weighted by Gasteiger charge is -2.31. The van der Waals surface area contributed by atoms with E-state index in [2.05, 4.69) is 4.90 Å². The van der Waals surface area contributed by atoms with Crippen LogP contribution in [-0.2, 0) is 14.3 Å². The summed E-state index contributed by atoms with van der Waals surface area (Å²) in [5.74, 6) is -0.136. The third kappa shape index (κ3) is 7.67. The van der Waals surface area contributed by atoms with Gasteiger partial charge in [0.2, 0.25) is 0 Å². The van der Waals surface area contributed by atoms with Crippen molar-refractivity contribution in [1.29, 1.82) is 0 Å². The third-order valence-electron chi connectivity index (χ3n) is 2.64. The number of nitrogens with zero attached hydrogens (tertiary/aromatic N) is 1. The van der Waals surface area contributed by atoms with Gasteiger partial charge in [-0.15, -0.1) is 0 Å². The molecular weight excluding hydrogens is 230 g/mol. The van der Waals surface area contributed by atoms with Gasteiger partial charge in [0.25, 0.3) is 0 Å². The van der Waals surface area contributed by atoms with Crippen LogP contribution in [0.5, 0.6) is 0 Å². The second-order valence-electron chi connectivity index (χ2n) is 5.30. The van der Waals surface area contributed by atoms with Gasteiger partial charge >= 0.3 is 5.97 Å². The monoisotopic (exact) mass is 259 g/mol. The lowest BCUT2D eigenvalue weighted by molar-refractivity contribution is -0.156. The molecule has 1 heterocycles. The van der Waals surface area contributed by atoms with E-state index in [0.717, 1.165) is 25.9 Å². The minimum absolute atomic E-state index is 0.136. The van der Waals surface area contributed by atoms with E-state index in [9.17, 15) is 4.79 Å². The maximum absolute atomic E-state index is 11.6. The van der Waals surface area contributed by atoms with Gasteiger partial charge in [0.1, 0.15) is 5.60 Å². The molecule has 0 aromatic rings. The molecule has 1 fully saturated rings. The number of esters is 1. The molecule has 0 aliphatic carbocycles. The number of hydrogen-bond donors (Lipinski definition) is 0. The van der Waals surface area contributed by atoms with Gasteiger partial charge in [-0.25, -0.2) is 0 Å². The van der Waals surface area contributed by atoms with E-state index in [-0.39, 0.29) is 11.6 Å². The first-order chi connectivity index (χ1) is 8.40. The fraction of sp³-hybridized carbons (Fsp3) is 0.929. The molecule has 0 aromatic carbocycles. The number of hydrogen-bond acceptors (Lipinski definition) is 4. The normalized spacial score (nSPS) is 17.9. The Morgan fingerprint density at radius 2 is 1.72 bits per heavy atom. The van der Waals surface area contributed by atoms with Crippen LogP contribution in [0.4, 0.5) is 0 Å². The zero-order valence-electron chi connectivity index (χ0n) is 12.8. The second-order valence-corrected chi connectivity index (χ2v) is 5.30. The molecule has 1 aliphatic rings. The van der Waals surface area contributed by atoms with E-state index in [1.54, 1.807) is 7.11 Å². The summed E-state index contributed by atoms with van der Waals surface area (Å²) < 4.78 is 10.6. The van der Waals surface area contributed by atoms with Gasteiger partial charge in [-0.3, -0.25) is 9.69 Å². The maximum atomic E-state index is 11.6. The molecule has 0 saturated carbocycles. The minimum atomic E-state index is -0.387. The van der Waals surface area contributed by atoms with Crippen LogP contribution in [-0.4, -0.2) is 49.3 Å². The Kier molecular flexibility index (Phi) is 8.20. The van der Waals surface area contributed by atoms with Crippen molar-refractivity contribution in [1.82, 2.24) is 4.90 Å². The van der Waals surface area contributed by atoms with E-state index in [4.69, 9.17) is 9.47 Å². The van der Waals surface area contributed by atoms with Crippen molar-refractivity contribution in [2.24, 2.45) is 0 Å². The summed E-state index contributed by atoms with van der Waals surface area (Å²) in [5.41, 5.74) is -0.387. The van der Waals surface area contributed by atoms with Crippen molar-refractivity contribution >= 4 is 5.97 Å². The molecule has 1 saturated heterocycles. The predicted octanol–water partition coefficient (Wildman–Crippen LogP) is 2.47. The number of ether oxygens (including phenoxy) is 2. The molecular formula is C14H29NO3. The summed E-state index contributed by atoms with van der Waals surface area (Å²) in [5, 5.41) is 0. The molecule has 0 aromatic heterocycles. The lowest BCUT2D eigenvalue weighted by Crippen LogP contribution is -2.41. The second kappa shape index (κ2) is 8.48. The average Bonchev–Trinajstić information content (AvgIpc) is 2.30. The molecule has 1 rings (SSSR count). The van der Waals surface area contributed by atoms with Gasteiger partial charge in [0, 0.05) is 20.2 Å². The molecule has 1 aliphatic heterocycles. The number of carbonyl (C=O) groups is 1. The first kappa shape index (κ1) is 17.4. The highest BCUT2D eigenvalue weighted by atomic mass is 16.6. The maximum Gasteiger partial charge on any atom is 0.320 e. The van der Waals surface area contributed by atoms with E-state index >= 15 is 0 Å². The van der Waals surface area contributed by atoms with Crippen LogP contribution in [0.2, 0.25) is 0 Å². The Morgan fingerprint density at radius 3 is 2.11 bits per heavy atom. The van der Waals surface area contributed by atoms with E-state index in [0.29, 0.717) is 12.6 Å². The zero-order chi connectivity index (χ0) is 14.2. The van der Waals surface area contributed by atoms with Gasteiger partial charge in [-0.05, 0) is 33.6 Å². The molecule has 0 amide bonds. The number of rotatable bonds is 3. The first-order valence-electron chi connectivity index (χ1n) is 6.88. The van der Waals surface area contributed by atoms with Crippen LogP contribution in [0.25, 0.3) is 0 Å². The molecule has 18 heavy (non-hydrogen) atoms. The summed E-state index contributed by atoms with van der Waals surface area (Å²) in [6, 6.07) is 0. The van der Waals surface area contributed by atoms with Crippen molar-refractivity contribution in [3.63, 3.8) is 0 Å². The third-order valence-corrected chi connectivity index (χ3v) is 2.64. The van der Waals surface area contributed by atoms with Gasteiger partial charge in [0.05, 0.1) is 12.6 Å². The van der Waals surface area contributed by atoms with Crippen molar-refractivity contribution in [2.75, 3.05) is 26.7 Å². The lowest BCUT2D eigenvalue weighted by atomic mass is 10.1. The molecule has 0 bridgehead atoms. The fourth-order valence-electron chi connectivity index (χ4n) is 1.86. The van der Waals surface area contributed by atoms with Crippen LogP contribution >= 0.6 is 0 Å². The Balaban J connectivity index is 0.00000137. The summed E-state index contributed by atoms with van der Waals surface area (Å²) in [6.45, 7) is 11.9. The fourth-order valence-corrected chi connectivity index (χ4v) is 1.86. The van der Waals surface area contributed by atoms with Crippen molar-refractivity contribution in [3.05, 3.63) is 0 Å². The Labute approximate surface area is 112 Å². The molecule has 0 unspecified atom stereocenters. The van der Waals surface area contributed by atoms with Gasteiger partial charge in [-0.1, -0.05) is 13.8 Å². The molecule has 0 spiro atoms. The molecule has 4 nitrogen and oxygen atoms in total. The van der Waals surface area contributed by atoms with E-state index < -0.39 is 0 Å². The highest BCUT2D eigenvalue weighted by Crippen LogP contribution is 2.13. The van der Waals surface area contributed by atoms with Crippen LogP contribution in [0.1, 0.15) is 47.5 Å². The largest absolute Gasteiger partial charge is 0.459 e. The standard InChI is InChI=1S/C12H23NO3.C2H6/c1-12(2,3)16-11(14)9-13-7-5-10(15-4)6-8-13;1-2/h10H,5-9H2,1-4H3;1-2H3. The molecule has 0 N–H and O–H groups in total. The SMILES string of the molecule is CC.COC1CCN(CC(=O)OC(C)(C)C)CC1. The van der Waals surface area contributed by atoms with Crippen LogP contribution in [0.3, 0.4) is 0 Å². The van der Waals surface area contributed by atoms with Gasteiger partial charge in [0.15, 0.2) is 0 Å². The number of likely N-dealkylation sites (tertiary alicyclic amines) is 1. The van der Waals surface area contributed by atoms with Crippen LogP contribution in [0.15, 0.2) is 0 Å². The molecule has 0 atom stereocenters. The van der Waals surface area contributed by atoms with Crippen LogP contribution < -0.4 is 0 Å². The number of methoxy groups -OCH3 is 1. The number of piperidine rings is 1. The average molecular weight is 259 g/mol. The van der Waals surface area contributed by atoms with E-state index in [1.165, 1.54) is 0 Å². The van der Waals surface area contributed by atoms with Gasteiger partial charge < -0.3 is 9.47 Å². The highest BCUT2D eigenvalue weighted by Gasteiger charge is 2.23. The summed E-state index contributed by atoms with van der Waals surface area (Å²) in [7, 11) is 1.74. The Hall–Kier alpha value is -0.610. The minimum Gasteiger partial charge on any atom is -0.459 e. The topological polar surface area (TPSA) is 38.8 Å². The summed E-state index contributed by atoms with van der Waals surface area (Å²) >= 11 is 0. The Bertz CT molecular complexity index is 228. The molecule has 108 valence electrons. The van der Waals surface area contributed by atoms with Gasteiger partial charge in [-0.2, -0.15) is 0 Å². The smallest absolute Gasteiger partial charge is 0.320 e. The van der Waals surface area contributed by atoms with Crippen molar-refractivity contribution < 1.29 is 14.3 Å². The molecule has 0 radical (unpaired) electrons. The van der Waals surface area contributed by atoms with Crippen LogP contribution in [0, 0.1) is 0 Å². The summed E-state index contributed by atoms with van der Waals surface area (Å²) in [4.78, 5) is 13.7. The zero-order valence-corrected chi connectivity index (χ0v) is 12.8. The van der Waals surface area contributed by atoms with Crippen molar-refractivity contribution in [3.8, 4) is 0 Å². The quantitative estimate of drug-likeness (QED) is 0.730. The predicted molar refractivity (Wildman–Crippen MR) is 73.7 cm³/mol. The van der Waals surface area contributed by atoms with E-state index in [1.807, 2.05) is 34.6 Å². The summed E-state index contributed by atoms with van der Waals surface area (Å²) in [6.07, 6.45) is 2.35.